The minimum atomic E-state index is -0.184. The van der Waals surface area contributed by atoms with Gasteiger partial charge in [0.15, 0.2) is 11.8 Å². The summed E-state index contributed by atoms with van der Waals surface area (Å²) in [7, 11) is 0. The molecule has 28 heavy (non-hydrogen) atoms. The van der Waals surface area contributed by atoms with Crippen LogP contribution < -0.4 is 21.3 Å². The Morgan fingerprint density at radius 1 is 1.14 bits per heavy atom. The lowest BCUT2D eigenvalue weighted by atomic mass is 10.1. The molecular formula is C19H17IN8. The van der Waals surface area contributed by atoms with E-state index in [9.17, 15) is 0 Å². The number of hydrogen-bond acceptors (Lipinski definition) is 6. The van der Waals surface area contributed by atoms with Crippen molar-refractivity contribution in [1.82, 2.24) is 24.4 Å². The Labute approximate surface area is 174 Å². The molecule has 0 bridgehead atoms. The van der Waals surface area contributed by atoms with Crippen molar-refractivity contribution in [2.75, 3.05) is 10.7 Å². The molecule has 8 nitrogen and oxygen atoms in total. The highest BCUT2D eigenvalue weighted by Crippen LogP contribution is 2.23. The molecule has 3 aromatic heterocycles. The van der Waals surface area contributed by atoms with Crippen LogP contribution in [0.3, 0.4) is 0 Å². The van der Waals surface area contributed by atoms with Gasteiger partial charge in [-0.15, -0.1) is 0 Å². The zero-order chi connectivity index (χ0) is 19.3. The summed E-state index contributed by atoms with van der Waals surface area (Å²) in [4.78, 5) is 13.5. The van der Waals surface area contributed by atoms with Crippen molar-refractivity contribution >= 4 is 45.6 Å². The summed E-state index contributed by atoms with van der Waals surface area (Å²) < 4.78 is 4.67. The number of anilines is 1. The van der Waals surface area contributed by atoms with E-state index in [0.717, 1.165) is 25.3 Å². The van der Waals surface area contributed by atoms with Crippen LogP contribution in [0.4, 0.5) is 5.82 Å². The van der Waals surface area contributed by atoms with Crippen molar-refractivity contribution in [1.29, 1.82) is 0 Å². The molecule has 5 rings (SSSR count). The van der Waals surface area contributed by atoms with Gasteiger partial charge in [-0.2, -0.15) is 5.10 Å². The first kappa shape index (κ1) is 17.2. The van der Waals surface area contributed by atoms with Crippen LogP contribution >= 0.6 is 22.6 Å². The predicted octanol–water partition coefficient (Wildman–Crippen LogP) is 1.16. The van der Waals surface area contributed by atoms with E-state index in [1.54, 1.807) is 0 Å². The first-order valence-electron chi connectivity index (χ1n) is 8.81. The minimum absolute atomic E-state index is 0.184. The van der Waals surface area contributed by atoms with Gasteiger partial charge < -0.3 is 5.73 Å². The Bertz CT molecular complexity index is 1290. The van der Waals surface area contributed by atoms with Crippen LogP contribution in [0.25, 0.3) is 17.2 Å². The van der Waals surface area contributed by atoms with E-state index in [-0.39, 0.29) is 6.17 Å². The molecule has 0 saturated carbocycles. The van der Waals surface area contributed by atoms with Gasteiger partial charge in [-0.05, 0) is 53.3 Å². The molecule has 0 fully saturated rings. The fourth-order valence-corrected chi connectivity index (χ4v) is 4.25. The van der Waals surface area contributed by atoms with Crippen molar-refractivity contribution in [2.45, 2.75) is 19.6 Å². The van der Waals surface area contributed by atoms with Crippen LogP contribution in [0, 0.1) is 10.6 Å². The van der Waals surface area contributed by atoms with Gasteiger partial charge in [0, 0.05) is 23.8 Å². The zero-order valence-electron chi connectivity index (χ0n) is 15.1. The zero-order valence-corrected chi connectivity index (χ0v) is 17.2. The first-order valence-corrected chi connectivity index (χ1v) is 9.89. The van der Waals surface area contributed by atoms with E-state index in [1.165, 1.54) is 11.9 Å². The third kappa shape index (κ3) is 2.73. The summed E-state index contributed by atoms with van der Waals surface area (Å²) in [6.45, 7) is 2.63. The maximum absolute atomic E-state index is 6.03. The largest absolute Gasteiger partial charge is 0.383 e. The van der Waals surface area contributed by atoms with Crippen molar-refractivity contribution in [2.24, 2.45) is 4.99 Å². The van der Waals surface area contributed by atoms with Gasteiger partial charge >= 0.3 is 0 Å². The Morgan fingerprint density at radius 3 is 2.79 bits per heavy atom. The molecular weight excluding hydrogens is 467 g/mol. The summed E-state index contributed by atoms with van der Waals surface area (Å²) in [6.07, 6.45) is 7.44. The molecule has 0 saturated heterocycles. The second-order valence-corrected chi connectivity index (χ2v) is 7.64. The van der Waals surface area contributed by atoms with Gasteiger partial charge in [0.1, 0.15) is 15.8 Å². The van der Waals surface area contributed by atoms with Crippen LogP contribution in [0.1, 0.15) is 5.56 Å². The highest BCUT2D eigenvalue weighted by Gasteiger charge is 2.23. The molecule has 1 aromatic carbocycles. The van der Waals surface area contributed by atoms with E-state index < -0.39 is 0 Å². The number of nitrogens with zero attached hydrogens (tertiary/aromatic N) is 7. The lowest BCUT2D eigenvalue weighted by molar-refractivity contribution is 0.461. The molecule has 140 valence electrons. The minimum Gasteiger partial charge on any atom is -0.383 e. The SMILES string of the molecule is Cc1cccc2c1=CN(n1cccc1)C(Cn1nc(I)c3c(N)ncnc31)N=2. The van der Waals surface area contributed by atoms with E-state index >= 15 is 0 Å². The average Bonchev–Trinajstić information content (AvgIpc) is 3.31. The van der Waals surface area contributed by atoms with Crippen LogP contribution in [0.5, 0.6) is 0 Å². The van der Waals surface area contributed by atoms with Crippen LogP contribution in [-0.2, 0) is 6.54 Å². The molecule has 4 heterocycles. The van der Waals surface area contributed by atoms with Crippen molar-refractivity contribution in [3.8, 4) is 0 Å². The second kappa shape index (κ2) is 6.59. The first-order chi connectivity index (χ1) is 13.6. The highest BCUT2D eigenvalue weighted by molar-refractivity contribution is 14.1. The number of hydrogen-bond donors (Lipinski definition) is 1. The summed E-state index contributed by atoms with van der Waals surface area (Å²) in [5.41, 5.74) is 7.94. The fourth-order valence-electron chi connectivity index (χ4n) is 3.48. The monoisotopic (exact) mass is 484 g/mol. The van der Waals surface area contributed by atoms with Crippen LogP contribution in [0.15, 0.2) is 54.0 Å². The molecule has 9 heteroatoms. The van der Waals surface area contributed by atoms with E-state index in [0.29, 0.717) is 12.4 Å². The van der Waals surface area contributed by atoms with Gasteiger partial charge in [-0.1, -0.05) is 12.1 Å². The molecule has 0 aliphatic carbocycles. The number of rotatable bonds is 3. The van der Waals surface area contributed by atoms with Crippen LogP contribution in [-0.4, -0.2) is 30.6 Å². The second-order valence-electron chi connectivity index (χ2n) is 6.62. The number of nitrogens with two attached hydrogens (primary N) is 1. The Morgan fingerprint density at radius 2 is 1.96 bits per heavy atom. The average molecular weight is 484 g/mol. The molecule has 1 aliphatic rings. The lowest BCUT2D eigenvalue weighted by Gasteiger charge is -2.31. The summed E-state index contributed by atoms with van der Waals surface area (Å²) in [6, 6.07) is 10.2. The standard InChI is InChI=1S/C19H17IN8/c1-12-5-4-6-14-13(12)9-28(26-7-2-3-8-26)15(24-14)10-27-19-16(17(20)25-27)18(21)22-11-23-19/h2-9,11,15H,10H2,1H3,(H2,21,22,23). The van der Waals surface area contributed by atoms with Gasteiger partial charge in [0.05, 0.1) is 17.3 Å². The van der Waals surface area contributed by atoms with Crippen molar-refractivity contribution < 1.29 is 0 Å². The number of halogens is 1. The Hall–Kier alpha value is -2.95. The van der Waals surface area contributed by atoms with Crippen molar-refractivity contribution in [3.05, 3.63) is 68.9 Å². The Kier molecular flexibility index (Phi) is 4.04. The molecule has 0 radical (unpaired) electrons. The van der Waals surface area contributed by atoms with Crippen molar-refractivity contribution in [3.63, 3.8) is 0 Å². The molecule has 2 N–H and O–H groups in total. The fraction of sp³-hybridized carbons (Fsp3) is 0.158. The number of benzene rings is 1. The summed E-state index contributed by atoms with van der Waals surface area (Å²) >= 11 is 2.17. The van der Waals surface area contributed by atoms with Crippen LogP contribution in [0.2, 0.25) is 0 Å². The summed E-state index contributed by atoms with van der Waals surface area (Å²) in [5, 5.41) is 9.64. The smallest absolute Gasteiger partial charge is 0.164 e. The van der Waals surface area contributed by atoms with Gasteiger partial charge in [0.25, 0.3) is 0 Å². The van der Waals surface area contributed by atoms with E-state index in [4.69, 9.17) is 10.7 Å². The van der Waals surface area contributed by atoms with Gasteiger partial charge in [-0.25, -0.2) is 14.6 Å². The lowest BCUT2D eigenvalue weighted by Crippen LogP contribution is -2.49. The van der Waals surface area contributed by atoms with Gasteiger partial charge in [-0.3, -0.25) is 14.7 Å². The topological polar surface area (TPSA) is 90.2 Å². The third-order valence-electron chi connectivity index (χ3n) is 4.86. The highest BCUT2D eigenvalue weighted by atomic mass is 127. The Balaban J connectivity index is 1.65. The number of fused-ring (bicyclic) bond motifs is 2. The quantitative estimate of drug-likeness (QED) is 0.441. The third-order valence-corrected chi connectivity index (χ3v) is 5.62. The molecule has 1 aliphatic heterocycles. The normalized spacial score (nSPS) is 15.9. The molecule has 1 unspecified atom stereocenters. The number of aryl methyl sites for hydroxylation is 1. The number of aromatic nitrogens is 5. The molecule has 4 aromatic rings. The summed E-state index contributed by atoms with van der Waals surface area (Å²) in [5.74, 6) is 0.441. The van der Waals surface area contributed by atoms with Gasteiger partial charge in [0.2, 0.25) is 0 Å². The molecule has 0 spiro atoms. The van der Waals surface area contributed by atoms with E-state index in [1.807, 2.05) is 46.0 Å². The predicted molar refractivity (Wildman–Crippen MR) is 115 cm³/mol. The maximum atomic E-state index is 6.03. The number of nitrogen functional groups attached to an aromatic ring is 1. The molecule has 1 atom stereocenters. The maximum Gasteiger partial charge on any atom is 0.164 e. The molecule has 0 amide bonds. The van der Waals surface area contributed by atoms with E-state index in [2.05, 4.69) is 61.9 Å².